The Morgan fingerprint density at radius 1 is 1.19 bits per heavy atom. The van der Waals surface area contributed by atoms with E-state index < -0.39 is 0 Å². The smallest absolute Gasteiger partial charge is 0.248 e. The summed E-state index contributed by atoms with van der Waals surface area (Å²) in [6.07, 6.45) is 2.44. The Bertz CT molecular complexity index is 607. The Kier molecular flexibility index (Phi) is 4.62. The number of aromatic nitrogens is 2. The molecule has 0 bridgehead atoms. The second-order valence-corrected chi connectivity index (χ2v) is 5.32. The molecule has 1 aromatic carbocycles. The second kappa shape index (κ2) is 6.43. The minimum Gasteiger partial charge on any atom is -0.437 e. The van der Waals surface area contributed by atoms with Crippen molar-refractivity contribution >= 4 is 11.5 Å². The molecule has 112 valence electrons. The van der Waals surface area contributed by atoms with E-state index in [1.165, 1.54) is 6.33 Å². The zero-order valence-corrected chi connectivity index (χ0v) is 13.0. The normalized spacial score (nSPS) is 12.0. The third-order valence-electron chi connectivity index (χ3n) is 3.25. The molecule has 0 fully saturated rings. The Morgan fingerprint density at radius 2 is 1.86 bits per heavy atom. The Hall–Kier alpha value is -2.30. The molecule has 0 aliphatic heterocycles. The number of hydrogen-bond acceptors (Lipinski definition) is 5. The van der Waals surface area contributed by atoms with Crippen molar-refractivity contribution < 1.29 is 4.74 Å². The van der Waals surface area contributed by atoms with E-state index >= 15 is 0 Å². The van der Waals surface area contributed by atoms with E-state index in [9.17, 15) is 0 Å². The van der Waals surface area contributed by atoms with Gasteiger partial charge in [0.05, 0.1) is 0 Å². The lowest BCUT2D eigenvalue weighted by Gasteiger charge is -2.15. The van der Waals surface area contributed by atoms with Crippen molar-refractivity contribution in [1.29, 1.82) is 0 Å². The highest BCUT2D eigenvalue weighted by Crippen LogP contribution is 2.30. The van der Waals surface area contributed by atoms with Gasteiger partial charge in [-0.1, -0.05) is 13.0 Å². The van der Waals surface area contributed by atoms with Crippen molar-refractivity contribution in [1.82, 2.24) is 9.97 Å². The molecular formula is C16H22N4O. The molecule has 2 rings (SSSR count). The van der Waals surface area contributed by atoms with E-state index in [1.54, 1.807) is 0 Å². The van der Waals surface area contributed by atoms with Crippen molar-refractivity contribution in [2.24, 2.45) is 0 Å². The minimum absolute atomic E-state index is 0.288. The Labute approximate surface area is 125 Å². The van der Waals surface area contributed by atoms with Gasteiger partial charge < -0.3 is 15.8 Å². The number of nitrogens with zero attached hydrogens (tertiary/aromatic N) is 2. The maximum atomic E-state index is 6.10. The van der Waals surface area contributed by atoms with Crippen LogP contribution >= 0.6 is 0 Å². The van der Waals surface area contributed by atoms with Crippen LogP contribution in [0, 0.1) is 13.8 Å². The molecule has 3 N–H and O–H groups in total. The van der Waals surface area contributed by atoms with Crippen LogP contribution in [0.25, 0.3) is 0 Å². The summed E-state index contributed by atoms with van der Waals surface area (Å²) in [4.78, 5) is 8.30. The number of nitrogens with one attached hydrogen (secondary N) is 1. The molecule has 0 aliphatic rings. The van der Waals surface area contributed by atoms with Crippen LogP contribution in [0.15, 0.2) is 24.5 Å². The number of nitrogen functional groups attached to an aromatic ring is 1. The van der Waals surface area contributed by atoms with Crippen molar-refractivity contribution in [2.75, 3.05) is 11.1 Å². The summed E-state index contributed by atoms with van der Waals surface area (Å²) >= 11 is 0. The fraction of sp³-hybridized carbons (Fsp3) is 0.375. The largest absolute Gasteiger partial charge is 0.437 e. The zero-order valence-electron chi connectivity index (χ0n) is 13.0. The summed E-state index contributed by atoms with van der Waals surface area (Å²) in [5.74, 6) is 1.71. The summed E-state index contributed by atoms with van der Waals surface area (Å²) < 4.78 is 5.81. The average Bonchev–Trinajstić information content (AvgIpc) is 2.42. The maximum Gasteiger partial charge on any atom is 0.248 e. The number of benzene rings is 1. The average molecular weight is 286 g/mol. The summed E-state index contributed by atoms with van der Waals surface area (Å²) in [7, 11) is 0. The van der Waals surface area contributed by atoms with Gasteiger partial charge in [0.2, 0.25) is 5.88 Å². The number of rotatable bonds is 5. The van der Waals surface area contributed by atoms with Crippen LogP contribution in [0.5, 0.6) is 11.6 Å². The van der Waals surface area contributed by atoms with Gasteiger partial charge >= 0.3 is 0 Å². The van der Waals surface area contributed by atoms with E-state index in [2.05, 4.69) is 35.2 Å². The van der Waals surface area contributed by atoms with Gasteiger partial charge in [-0.05, 0) is 50.5 Å². The highest BCUT2D eigenvalue weighted by atomic mass is 16.5. The molecule has 5 nitrogen and oxygen atoms in total. The zero-order chi connectivity index (χ0) is 15.4. The molecule has 21 heavy (non-hydrogen) atoms. The molecule has 0 amide bonds. The van der Waals surface area contributed by atoms with Gasteiger partial charge in [-0.15, -0.1) is 0 Å². The monoisotopic (exact) mass is 286 g/mol. The highest BCUT2D eigenvalue weighted by molar-refractivity contribution is 5.67. The van der Waals surface area contributed by atoms with Gasteiger partial charge in [0.1, 0.15) is 17.8 Å². The molecule has 5 heteroatoms. The molecule has 0 saturated heterocycles. The molecule has 2 aromatic rings. The van der Waals surface area contributed by atoms with Crippen LogP contribution in [-0.4, -0.2) is 16.0 Å². The van der Waals surface area contributed by atoms with Crippen LogP contribution < -0.4 is 15.8 Å². The fourth-order valence-electron chi connectivity index (χ4n) is 2.01. The molecule has 0 spiro atoms. The van der Waals surface area contributed by atoms with E-state index in [0.717, 1.165) is 23.3 Å². The topological polar surface area (TPSA) is 73.1 Å². The number of anilines is 2. The number of hydrogen-bond donors (Lipinski definition) is 2. The number of aryl methyl sites for hydroxylation is 2. The highest BCUT2D eigenvalue weighted by Gasteiger charge is 2.12. The summed E-state index contributed by atoms with van der Waals surface area (Å²) in [6.45, 7) is 8.23. The van der Waals surface area contributed by atoms with E-state index in [4.69, 9.17) is 10.5 Å². The van der Waals surface area contributed by atoms with Crippen molar-refractivity contribution in [3.8, 4) is 11.6 Å². The number of nitrogens with two attached hydrogens (primary N) is 1. The first-order valence-electron chi connectivity index (χ1n) is 7.12. The Balaban J connectivity index is 2.26. The minimum atomic E-state index is 0.288. The molecule has 0 saturated carbocycles. The maximum absolute atomic E-state index is 6.10. The fourth-order valence-corrected chi connectivity index (χ4v) is 2.01. The van der Waals surface area contributed by atoms with Crippen LogP contribution in [0.4, 0.5) is 11.5 Å². The van der Waals surface area contributed by atoms with Gasteiger partial charge in [0.25, 0.3) is 0 Å². The van der Waals surface area contributed by atoms with Crippen LogP contribution in [0.2, 0.25) is 0 Å². The van der Waals surface area contributed by atoms with Gasteiger partial charge in [0.15, 0.2) is 5.82 Å². The van der Waals surface area contributed by atoms with E-state index in [-0.39, 0.29) is 6.04 Å². The lowest BCUT2D eigenvalue weighted by Crippen LogP contribution is -2.16. The molecule has 1 atom stereocenters. The van der Waals surface area contributed by atoms with Gasteiger partial charge in [-0.25, -0.2) is 4.98 Å². The summed E-state index contributed by atoms with van der Waals surface area (Å²) in [5, 5.41) is 3.25. The second-order valence-electron chi connectivity index (χ2n) is 5.32. The summed E-state index contributed by atoms with van der Waals surface area (Å²) in [5.41, 5.74) is 8.80. The van der Waals surface area contributed by atoms with E-state index in [1.807, 2.05) is 26.0 Å². The van der Waals surface area contributed by atoms with Crippen LogP contribution in [0.3, 0.4) is 0 Å². The first kappa shape index (κ1) is 15.1. The first-order valence-corrected chi connectivity index (χ1v) is 7.12. The first-order chi connectivity index (χ1) is 9.99. The Morgan fingerprint density at radius 3 is 2.48 bits per heavy atom. The molecule has 1 unspecified atom stereocenters. The van der Waals surface area contributed by atoms with Crippen LogP contribution in [-0.2, 0) is 0 Å². The SMILES string of the molecule is CCC(C)Nc1ncnc(Oc2cc(C)cc(C)c2)c1N. The third kappa shape index (κ3) is 3.84. The quantitative estimate of drug-likeness (QED) is 0.877. The van der Waals surface area contributed by atoms with Crippen LogP contribution in [0.1, 0.15) is 31.4 Å². The predicted molar refractivity (Wildman–Crippen MR) is 85.8 cm³/mol. The van der Waals surface area contributed by atoms with Crippen molar-refractivity contribution in [3.05, 3.63) is 35.7 Å². The standard InChI is InChI=1S/C16H22N4O/c1-5-12(4)20-15-14(17)16(19-9-18-15)21-13-7-10(2)6-11(3)8-13/h6-9,12H,5,17H2,1-4H3,(H,18,19,20). The molecule has 1 aromatic heterocycles. The van der Waals surface area contributed by atoms with Gasteiger partial charge in [-0.3, -0.25) is 0 Å². The van der Waals surface area contributed by atoms with Gasteiger partial charge in [-0.2, -0.15) is 4.98 Å². The lowest BCUT2D eigenvalue weighted by atomic mass is 10.1. The van der Waals surface area contributed by atoms with E-state index in [0.29, 0.717) is 17.4 Å². The predicted octanol–water partition coefficient (Wildman–Crippen LogP) is 3.68. The van der Waals surface area contributed by atoms with Crippen molar-refractivity contribution in [2.45, 2.75) is 40.2 Å². The molecule has 1 heterocycles. The molecule has 0 radical (unpaired) electrons. The summed E-state index contributed by atoms with van der Waals surface area (Å²) in [6, 6.07) is 6.29. The third-order valence-corrected chi connectivity index (χ3v) is 3.25. The van der Waals surface area contributed by atoms with Crippen molar-refractivity contribution in [3.63, 3.8) is 0 Å². The van der Waals surface area contributed by atoms with Gasteiger partial charge in [0, 0.05) is 6.04 Å². The number of ether oxygens (including phenoxy) is 1. The lowest BCUT2D eigenvalue weighted by molar-refractivity contribution is 0.463. The molecular weight excluding hydrogens is 264 g/mol. The molecule has 0 aliphatic carbocycles.